The number of nitrogens with one attached hydrogen (secondary N) is 1. The van der Waals surface area contributed by atoms with Gasteiger partial charge >= 0.3 is 6.03 Å². The molecule has 34 heavy (non-hydrogen) atoms. The molecule has 4 aliphatic rings. The van der Waals surface area contributed by atoms with Crippen molar-refractivity contribution in [3.05, 3.63) is 41.1 Å². The van der Waals surface area contributed by atoms with E-state index in [9.17, 15) is 9.59 Å². The molecule has 1 N–H and O–H groups in total. The lowest BCUT2D eigenvalue weighted by Gasteiger charge is -2.61. The molecule has 0 radical (unpaired) electrons. The number of hydrogen-bond donors (Lipinski definition) is 1. The van der Waals surface area contributed by atoms with E-state index < -0.39 is 0 Å². The molecular formula is C29H40ClN2O2+. The molecule has 1 aliphatic heterocycles. The molecule has 1 aromatic carbocycles. The van der Waals surface area contributed by atoms with Crippen molar-refractivity contribution in [3.63, 3.8) is 0 Å². The van der Waals surface area contributed by atoms with Gasteiger partial charge < -0.3 is 0 Å². The van der Waals surface area contributed by atoms with E-state index in [1.807, 2.05) is 24.3 Å². The average Bonchev–Trinajstić information content (AvgIpc) is 3.21. The van der Waals surface area contributed by atoms with Gasteiger partial charge in [-0.2, -0.15) is 0 Å². The smallest absolute Gasteiger partial charge is 0.294 e. The summed E-state index contributed by atoms with van der Waals surface area (Å²) < 4.78 is 0.249. The molecule has 3 fully saturated rings. The van der Waals surface area contributed by atoms with Gasteiger partial charge in [0.2, 0.25) is 0 Å². The van der Waals surface area contributed by atoms with E-state index in [1.165, 1.54) is 32.1 Å². The summed E-state index contributed by atoms with van der Waals surface area (Å²) in [5.41, 5.74) is 2.06. The van der Waals surface area contributed by atoms with Crippen LogP contribution in [0.25, 0.3) is 0 Å². The Labute approximate surface area is 209 Å². The molecule has 3 aliphatic carbocycles. The van der Waals surface area contributed by atoms with E-state index in [-0.39, 0.29) is 27.6 Å². The second-order valence-corrected chi connectivity index (χ2v) is 12.5. The minimum atomic E-state index is -0.122. The van der Waals surface area contributed by atoms with Crippen molar-refractivity contribution in [2.45, 2.75) is 72.6 Å². The van der Waals surface area contributed by atoms with E-state index in [4.69, 9.17) is 11.6 Å². The van der Waals surface area contributed by atoms with Gasteiger partial charge in [0.25, 0.3) is 0 Å². The third kappa shape index (κ3) is 3.51. The van der Waals surface area contributed by atoms with Crippen molar-refractivity contribution in [3.8, 4) is 0 Å². The molecule has 0 aromatic heterocycles. The normalized spacial score (nSPS) is 41.2. The Hall–Kier alpha value is -1.65. The fourth-order valence-corrected chi connectivity index (χ4v) is 8.84. The molecule has 1 saturated heterocycles. The number of nitrogens with zero attached hydrogens (tertiary/aromatic N) is 1. The molecule has 1 aromatic rings. The minimum Gasteiger partial charge on any atom is -0.294 e. The van der Waals surface area contributed by atoms with E-state index in [2.05, 4.69) is 33.0 Å². The molecule has 2 saturated carbocycles. The Morgan fingerprint density at radius 1 is 1.18 bits per heavy atom. The van der Waals surface area contributed by atoms with E-state index in [1.54, 1.807) is 6.07 Å². The molecular weight excluding hydrogens is 444 g/mol. The van der Waals surface area contributed by atoms with Crippen LogP contribution in [0.15, 0.2) is 36.0 Å². The highest BCUT2D eigenvalue weighted by molar-refractivity contribution is 6.30. The van der Waals surface area contributed by atoms with Gasteiger partial charge in [-0.05, 0) is 80.9 Å². The van der Waals surface area contributed by atoms with Crippen LogP contribution in [-0.4, -0.2) is 29.4 Å². The Morgan fingerprint density at radius 3 is 2.68 bits per heavy atom. The van der Waals surface area contributed by atoms with Crippen LogP contribution in [0.4, 0.5) is 10.5 Å². The van der Waals surface area contributed by atoms with Crippen molar-refractivity contribution in [2.75, 3.05) is 18.4 Å². The predicted molar refractivity (Wildman–Crippen MR) is 137 cm³/mol. The zero-order chi connectivity index (χ0) is 24.3. The van der Waals surface area contributed by atoms with Crippen molar-refractivity contribution >= 4 is 29.1 Å². The van der Waals surface area contributed by atoms with Gasteiger partial charge in [-0.15, -0.1) is 0 Å². The number of halogens is 1. The van der Waals surface area contributed by atoms with Crippen LogP contribution >= 0.6 is 11.6 Å². The number of piperidine rings is 1. The standard InChI is InChI=1S/C29H39ClN2O2/c1-5-19-17-29(4)24-12-14-28(3)13-8-11-23(28)22(24)18-32(6-2,26(29)16-25(19)33)27(34)31-21-10-7-9-20(30)15-21/h7,9-10,15-16,19,22-24H,5-6,8,11-14,17-18H2,1-4H3/p+1/t19?,22-,23-,24-,28-,29+,32?/m0/s1. The number of fused-ring (bicyclic) bond motifs is 5. The highest BCUT2D eigenvalue weighted by Crippen LogP contribution is 2.65. The first kappa shape index (κ1) is 24.1. The Morgan fingerprint density at radius 2 is 1.97 bits per heavy atom. The summed E-state index contributed by atoms with van der Waals surface area (Å²) in [6.45, 7) is 10.6. The molecule has 5 heteroatoms. The van der Waals surface area contributed by atoms with Crippen LogP contribution in [0.3, 0.4) is 0 Å². The van der Waals surface area contributed by atoms with Crippen LogP contribution in [-0.2, 0) is 4.79 Å². The van der Waals surface area contributed by atoms with Gasteiger partial charge in [0.05, 0.1) is 13.1 Å². The van der Waals surface area contributed by atoms with Crippen LogP contribution in [0.1, 0.15) is 72.6 Å². The van der Waals surface area contributed by atoms with Crippen LogP contribution in [0.5, 0.6) is 0 Å². The van der Waals surface area contributed by atoms with Crippen LogP contribution in [0, 0.1) is 34.5 Å². The van der Waals surface area contributed by atoms with Crippen molar-refractivity contribution in [2.24, 2.45) is 34.5 Å². The Kier molecular flexibility index (Phi) is 6.00. The summed E-state index contributed by atoms with van der Waals surface area (Å²) in [6, 6.07) is 7.36. The number of carbonyl (C=O) groups excluding carboxylic acids is 2. The number of likely N-dealkylation sites (tertiary alicyclic amines) is 1. The topological polar surface area (TPSA) is 46.2 Å². The fourth-order valence-electron chi connectivity index (χ4n) is 8.65. The third-order valence-electron chi connectivity index (χ3n) is 10.5. The number of allylic oxidation sites excluding steroid dienone is 2. The summed E-state index contributed by atoms with van der Waals surface area (Å²) in [7, 11) is 0. The maximum Gasteiger partial charge on any atom is 0.425 e. The maximum atomic E-state index is 14.2. The molecule has 5 rings (SSSR count). The van der Waals surface area contributed by atoms with Crippen LogP contribution < -0.4 is 5.32 Å². The van der Waals surface area contributed by atoms with E-state index in [0.29, 0.717) is 34.7 Å². The van der Waals surface area contributed by atoms with Gasteiger partial charge in [-0.1, -0.05) is 44.9 Å². The highest BCUT2D eigenvalue weighted by Gasteiger charge is 2.66. The first-order chi connectivity index (χ1) is 16.2. The number of ketones is 1. The Balaban J connectivity index is 1.62. The maximum absolute atomic E-state index is 14.2. The molecule has 7 atom stereocenters. The monoisotopic (exact) mass is 483 g/mol. The first-order valence-corrected chi connectivity index (χ1v) is 13.8. The number of carbonyl (C=O) groups is 2. The number of anilines is 1. The van der Waals surface area contributed by atoms with E-state index in [0.717, 1.165) is 30.8 Å². The zero-order valence-corrected chi connectivity index (χ0v) is 22.0. The number of urea groups is 1. The third-order valence-corrected chi connectivity index (χ3v) is 10.7. The predicted octanol–water partition coefficient (Wildman–Crippen LogP) is 7.44. The number of rotatable bonds is 3. The van der Waals surface area contributed by atoms with Gasteiger partial charge in [-0.25, -0.2) is 9.28 Å². The van der Waals surface area contributed by atoms with Gasteiger partial charge in [-0.3, -0.25) is 10.1 Å². The van der Waals surface area contributed by atoms with Gasteiger partial charge in [0, 0.05) is 34.0 Å². The molecule has 0 spiro atoms. The second kappa shape index (κ2) is 8.48. The quantitative estimate of drug-likeness (QED) is 0.454. The lowest BCUT2D eigenvalue weighted by Crippen LogP contribution is -2.68. The van der Waals surface area contributed by atoms with Crippen LogP contribution in [0.2, 0.25) is 5.02 Å². The molecule has 1 heterocycles. The molecule has 2 amide bonds. The largest absolute Gasteiger partial charge is 0.425 e. The number of amides is 2. The molecule has 184 valence electrons. The lowest BCUT2D eigenvalue weighted by molar-refractivity contribution is -0.828. The summed E-state index contributed by atoms with van der Waals surface area (Å²) in [5, 5.41) is 3.80. The van der Waals surface area contributed by atoms with Crippen molar-refractivity contribution in [1.82, 2.24) is 0 Å². The van der Waals surface area contributed by atoms with Gasteiger partial charge in [0.15, 0.2) is 5.78 Å². The Bertz CT molecular complexity index is 1040. The second-order valence-electron chi connectivity index (χ2n) is 12.0. The number of quaternary nitrogens is 1. The first-order valence-electron chi connectivity index (χ1n) is 13.4. The van der Waals surface area contributed by atoms with Crippen molar-refractivity contribution < 1.29 is 14.1 Å². The zero-order valence-electron chi connectivity index (χ0n) is 21.2. The summed E-state index contributed by atoms with van der Waals surface area (Å²) in [4.78, 5) is 27.4. The summed E-state index contributed by atoms with van der Waals surface area (Å²) in [5.74, 6) is 2.01. The van der Waals surface area contributed by atoms with Crippen molar-refractivity contribution in [1.29, 1.82) is 0 Å². The lowest BCUT2D eigenvalue weighted by atomic mass is 9.49. The number of hydrogen-bond acceptors (Lipinski definition) is 2. The van der Waals surface area contributed by atoms with Gasteiger partial charge in [0.1, 0.15) is 5.70 Å². The average molecular weight is 484 g/mol. The van der Waals surface area contributed by atoms with E-state index >= 15 is 0 Å². The number of benzene rings is 1. The summed E-state index contributed by atoms with van der Waals surface area (Å²) >= 11 is 6.22. The summed E-state index contributed by atoms with van der Waals surface area (Å²) in [6.07, 6.45) is 10.1. The molecule has 4 nitrogen and oxygen atoms in total. The molecule has 0 bridgehead atoms. The SMILES string of the molecule is CCC1C[C@@]2(C)C(=CC1=O)[N+](CC)(C(=O)Nc1cccc(Cl)c1)C[C@H]1[C@@H]3CCC[C@@]3(C)CC[C@@H]12. The minimum absolute atomic E-state index is 0.0197. The fraction of sp³-hybridized carbons (Fsp3) is 0.655. The highest BCUT2D eigenvalue weighted by atomic mass is 35.5. The molecule has 2 unspecified atom stereocenters.